The van der Waals surface area contributed by atoms with Crippen LogP contribution in [-0.2, 0) is 11.3 Å². The molecule has 3 aromatic rings. The van der Waals surface area contributed by atoms with Gasteiger partial charge in [0.05, 0.1) is 12.6 Å². The summed E-state index contributed by atoms with van der Waals surface area (Å²) < 4.78 is 7.42. The maximum atomic E-state index is 5.62. The van der Waals surface area contributed by atoms with Gasteiger partial charge in [-0.2, -0.15) is 0 Å². The third kappa shape index (κ3) is 3.00. The predicted octanol–water partition coefficient (Wildman–Crippen LogP) is 1.86. The maximum Gasteiger partial charge on any atom is 0.184 e. The summed E-state index contributed by atoms with van der Waals surface area (Å²) in [6.45, 7) is 2.22. The van der Waals surface area contributed by atoms with Crippen LogP contribution in [0.15, 0.2) is 36.7 Å². The highest BCUT2D eigenvalue weighted by Gasteiger charge is 2.17. The first kappa shape index (κ1) is 14.1. The van der Waals surface area contributed by atoms with Crippen molar-refractivity contribution in [1.29, 1.82) is 0 Å². The molecule has 1 fully saturated rings. The second kappa shape index (κ2) is 6.29. The number of rotatable bonds is 5. The van der Waals surface area contributed by atoms with Crippen LogP contribution in [0, 0.1) is 0 Å². The summed E-state index contributed by atoms with van der Waals surface area (Å²) in [6.07, 6.45) is 4.01. The Kier molecular flexibility index (Phi) is 3.85. The van der Waals surface area contributed by atoms with Crippen LogP contribution >= 0.6 is 0 Å². The zero-order valence-electron chi connectivity index (χ0n) is 12.7. The van der Waals surface area contributed by atoms with Gasteiger partial charge < -0.3 is 10.1 Å². The number of hydrogen-bond donors (Lipinski definition) is 1. The lowest BCUT2D eigenvalue weighted by Gasteiger charge is -2.11. The molecule has 1 atom stereocenters. The third-order valence-electron chi connectivity index (χ3n) is 4.00. The SMILES string of the molecule is c1ccc(Cn2nnc3c(NC[C@@H]4CCCO4)ncnc32)cc1. The summed E-state index contributed by atoms with van der Waals surface area (Å²) >= 11 is 0. The van der Waals surface area contributed by atoms with Gasteiger partial charge in [-0.15, -0.1) is 5.10 Å². The topological polar surface area (TPSA) is 77.8 Å². The highest BCUT2D eigenvalue weighted by molar-refractivity contribution is 5.81. The Morgan fingerprint density at radius 2 is 2.13 bits per heavy atom. The van der Waals surface area contributed by atoms with Crippen LogP contribution < -0.4 is 5.32 Å². The monoisotopic (exact) mass is 310 g/mol. The fourth-order valence-electron chi connectivity index (χ4n) is 2.80. The molecule has 0 spiro atoms. The minimum atomic E-state index is 0.249. The van der Waals surface area contributed by atoms with E-state index in [0.29, 0.717) is 17.9 Å². The van der Waals surface area contributed by atoms with Gasteiger partial charge in [-0.3, -0.25) is 0 Å². The lowest BCUT2D eigenvalue weighted by Crippen LogP contribution is -2.19. The van der Waals surface area contributed by atoms with Crippen molar-refractivity contribution in [3.63, 3.8) is 0 Å². The summed E-state index contributed by atoms with van der Waals surface area (Å²) in [5.74, 6) is 0.713. The maximum absolute atomic E-state index is 5.62. The van der Waals surface area contributed by atoms with Gasteiger partial charge in [-0.05, 0) is 18.4 Å². The molecule has 2 aromatic heterocycles. The van der Waals surface area contributed by atoms with Gasteiger partial charge in [0, 0.05) is 13.2 Å². The van der Waals surface area contributed by atoms with Gasteiger partial charge in [0.2, 0.25) is 0 Å². The highest BCUT2D eigenvalue weighted by Crippen LogP contribution is 2.18. The van der Waals surface area contributed by atoms with Crippen LogP contribution in [0.25, 0.3) is 11.2 Å². The summed E-state index contributed by atoms with van der Waals surface area (Å²) in [4.78, 5) is 8.63. The van der Waals surface area contributed by atoms with Crippen LogP contribution in [0.1, 0.15) is 18.4 Å². The molecular formula is C16H18N6O. The first-order valence-corrected chi connectivity index (χ1v) is 7.84. The molecule has 0 bridgehead atoms. The molecule has 1 aliphatic heterocycles. The first-order valence-electron chi connectivity index (χ1n) is 7.84. The Hall–Kier alpha value is -2.54. The zero-order valence-corrected chi connectivity index (χ0v) is 12.7. The fourth-order valence-corrected chi connectivity index (χ4v) is 2.80. The van der Waals surface area contributed by atoms with Gasteiger partial charge in [0.1, 0.15) is 6.33 Å². The molecule has 1 N–H and O–H groups in total. The van der Waals surface area contributed by atoms with E-state index in [1.54, 1.807) is 11.0 Å². The van der Waals surface area contributed by atoms with Crippen molar-refractivity contribution < 1.29 is 4.74 Å². The Labute approximate surface area is 133 Å². The Morgan fingerprint density at radius 1 is 1.22 bits per heavy atom. The first-order chi connectivity index (χ1) is 11.4. The molecule has 0 aliphatic carbocycles. The molecule has 0 radical (unpaired) electrons. The van der Waals surface area contributed by atoms with E-state index in [2.05, 4.69) is 37.7 Å². The zero-order chi connectivity index (χ0) is 15.5. The van der Waals surface area contributed by atoms with E-state index in [4.69, 9.17) is 4.74 Å². The minimum absolute atomic E-state index is 0.249. The van der Waals surface area contributed by atoms with Crippen molar-refractivity contribution >= 4 is 17.0 Å². The molecule has 7 heteroatoms. The second-order valence-electron chi connectivity index (χ2n) is 5.64. The highest BCUT2D eigenvalue weighted by atomic mass is 16.5. The van der Waals surface area contributed by atoms with Crippen LogP contribution in [0.2, 0.25) is 0 Å². The molecule has 0 unspecified atom stereocenters. The molecule has 4 rings (SSSR count). The number of aromatic nitrogens is 5. The smallest absolute Gasteiger partial charge is 0.184 e. The average Bonchev–Trinajstić information content (AvgIpc) is 3.24. The van der Waals surface area contributed by atoms with Crippen molar-refractivity contribution in [3.8, 4) is 0 Å². The Balaban J connectivity index is 1.56. The van der Waals surface area contributed by atoms with Crippen molar-refractivity contribution in [3.05, 3.63) is 42.2 Å². The summed E-state index contributed by atoms with van der Waals surface area (Å²) in [5.41, 5.74) is 2.59. The molecule has 1 aliphatic rings. The molecule has 0 saturated carbocycles. The standard InChI is InChI=1S/C16H18N6O/c1-2-5-12(6-3-1)10-22-16-14(20-21-22)15(18-11-19-16)17-9-13-7-4-8-23-13/h1-3,5-6,11,13H,4,7-10H2,(H,17,18,19)/t13-/m0/s1. The van der Waals surface area contributed by atoms with E-state index in [-0.39, 0.29) is 6.10 Å². The number of ether oxygens (including phenoxy) is 1. The number of hydrogen-bond acceptors (Lipinski definition) is 6. The van der Waals surface area contributed by atoms with E-state index in [1.807, 2.05) is 18.2 Å². The van der Waals surface area contributed by atoms with E-state index in [9.17, 15) is 0 Å². The molecular weight excluding hydrogens is 292 g/mol. The molecule has 1 aromatic carbocycles. The number of nitrogens with zero attached hydrogens (tertiary/aromatic N) is 5. The summed E-state index contributed by atoms with van der Waals surface area (Å²) in [5, 5.41) is 11.8. The van der Waals surface area contributed by atoms with Gasteiger partial charge >= 0.3 is 0 Å². The van der Waals surface area contributed by atoms with Crippen LogP contribution in [0.5, 0.6) is 0 Å². The fraction of sp³-hybridized carbons (Fsp3) is 0.375. The third-order valence-corrected chi connectivity index (χ3v) is 4.00. The Bertz CT molecular complexity index is 782. The normalized spacial score (nSPS) is 17.7. The molecule has 118 valence electrons. The average molecular weight is 310 g/mol. The molecule has 1 saturated heterocycles. The van der Waals surface area contributed by atoms with Crippen molar-refractivity contribution in [1.82, 2.24) is 25.0 Å². The van der Waals surface area contributed by atoms with Gasteiger partial charge in [-0.25, -0.2) is 14.6 Å². The van der Waals surface area contributed by atoms with Gasteiger partial charge in [0.15, 0.2) is 17.0 Å². The number of nitrogens with one attached hydrogen (secondary N) is 1. The lowest BCUT2D eigenvalue weighted by molar-refractivity contribution is 0.120. The summed E-state index contributed by atoms with van der Waals surface area (Å²) in [6, 6.07) is 10.1. The van der Waals surface area contributed by atoms with Crippen molar-refractivity contribution in [2.45, 2.75) is 25.5 Å². The van der Waals surface area contributed by atoms with Crippen molar-refractivity contribution in [2.75, 3.05) is 18.5 Å². The molecule has 3 heterocycles. The quantitative estimate of drug-likeness (QED) is 0.775. The van der Waals surface area contributed by atoms with E-state index < -0.39 is 0 Å². The van der Waals surface area contributed by atoms with Crippen molar-refractivity contribution in [2.24, 2.45) is 0 Å². The van der Waals surface area contributed by atoms with E-state index in [0.717, 1.165) is 37.2 Å². The number of benzene rings is 1. The number of fused-ring (bicyclic) bond motifs is 1. The van der Waals surface area contributed by atoms with Crippen LogP contribution in [-0.4, -0.2) is 44.2 Å². The van der Waals surface area contributed by atoms with Crippen LogP contribution in [0.3, 0.4) is 0 Å². The molecule has 23 heavy (non-hydrogen) atoms. The minimum Gasteiger partial charge on any atom is -0.376 e. The second-order valence-corrected chi connectivity index (χ2v) is 5.64. The van der Waals surface area contributed by atoms with E-state index in [1.165, 1.54) is 0 Å². The number of anilines is 1. The Morgan fingerprint density at radius 3 is 2.96 bits per heavy atom. The van der Waals surface area contributed by atoms with Gasteiger partial charge in [0.25, 0.3) is 0 Å². The molecule has 7 nitrogen and oxygen atoms in total. The largest absolute Gasteiger partial charge is 0.376 e. The predicted molar refractivity (Wildman–Crippen MR) is 86.1 cm³/mol. The van der Waals surface area contributed by atoms with Gasteiger partial charge in [-0.1, -0.05) is 35.5 Å². The van der Waals surface area contributed by atoms with E-state index >= 15 is 0 Å². The molecule has 0 amide bonds. The van der Waals surface area contributed by atoms with Crippen LogP contribution in [0.4, 0.5) is 5.82 Å². The summed E-state index contributed by atoms with van der Waals surface area (Å²) in [7, 11) is 0. The lowest BCUT2D eigenvalue weighted by atomic mass is 10.2.